The van der Waals surface area contributed by atoms with E-state index in [9.17, 15) is 0 Å². The van der Waals surface area contributed by atoms with Crippen LogP contribution in [-0.4, -0.2) is 19.6 Å². The van der Waals surface area contributed by atoms with Gasteiger partial charge in [0.25, 0.3) is 0 Å². The third kappa shape index (κ3) is 1.73. The molecule has 4 nitrogen and oxygen atoms in total. The van der Waals surface area contributed by atoms with E-state index >= 15 is 0 Å². The van der Waals surface area contributed by atoms with Crippen LogP contribution in [0, 0.1) is 0 Å². The second-order valence-corrected chi connectivity index (χ2v) is 5.86. The van der Waals surface area contributed by atoms with Gasteiger partial charge in [-0.2, -0.15) is 0 Å². The Morgan fingerprint density at radius 3 is 2.64 bits per heavy atom. The zero-order valence-corrected chi connectivity index (χ0v) is 11.9. The van der Waals surface area contributed by atoms with Crippen LogP contribution in [0.2, 0.25) is 0 Å². The van der Waals surface area contributed by atoms with Crippen molar-refractivity contribution < 1.29 is 0 Å². The largest absolute Gasteiger partial charge is 0.236 e. The van der Waals surface area contributed by atoms with Crippen molar-refractivity contribution in [2.24, 2.45) is 0 Å². The van der Waals surface area contributed by atoms with E-state index in [-0.39, 0.29) is 0 Å². The number of hydrogen-bond donors (Lipinski definition) is 0. The van der Waals surface area contributed by atoms with E-state index in [0.717, 1.165) is 28.8 Å². The van der Waals surface area contributed by atoms with Crippen LogP contribution in [0.1, 0.15) is 29.6 Å². The van der Waals surface area contributed by atoms with Gasteiger partial charge in [0, 0.05) is 11.3 Å². The Balaban J connectivity index is 1.58. The number of hydrogen-bond acceptors (Lipinski definition) is 3. The third-order valence-electron chi connectivity index (χ3n) is 4.45. The van der Waals surface area contributed by atoms with E-state index in [1.807, 2.05) is 18.2 Å². The molecule has 2 atom stereocenters. The minimum atomic E-state index is 0.432. The molecule has 0 aliphatic heterocycles. The van der Waals surface area contributed by atoms with Gasteiger partial charge in [-0.3, -0.25) is 0 Å². The number of nitrogens with zero attached hydrogens (tertiary/aromatic N) is 4. The van der Waals surface area contributed by atoms with Gasteiger partial charge in [0.1, 0.15) is 6.33 Å². The molecule has 1 aliphatic rings. The molecule has 1 saturated carbocycles. The van der Waals surface area contributed by atoms with Crippen LogP contribution in [0.15, 0.2) is 60.9 Å². The molecule has 22 heavy (non-hydrogen) atoms. The first-order valence-electron chi connectivity index (χ1n) is 7.55. The standard InChI is InChI=1S/C18H14N4/c1-2-6-12(7-3-1)14-10-15(14)17-20-18-13-8-4-5-9-16(13)19-11-22(18)21-17/h1-9,11,14-15H,10H2. The monoisotopic (exact) mass is 286 g/mol. The fraction of sp³-hybridized carbons (Fsp3) is 0.167. The number of aromatic nitrogens is 4. The van der Waals surface area contributed by atoms with E-state index in [2.05, 4.69) is 46.5 Å². The van der Waals surface area contributed by atoms with Crippen LogP contribution >= 0.6 is 0 Å². The van der Waals surface area contributed by atoms with Gasteiger partial charge in [-0.1, -0.05) is 42.5 Å². The summed E-state index contributed by atoms with van der Waals surface area (Å²) < 4.78 is 1.80. The van der Waals surface area contributed by atoms with Gasteiger partial charge >= 0.3 is 0 Å². The minimum absolute atomic E-state index is 0.432. The van der Waals surface area contributed by atoms with Crippen molar-refractivity contribution in [1.82, 2.24) is 19.6 Å². The van der Waals surface area contributed by atoms with Crippen molar-refractivity contribution in [3.63, 3.8) is 0 Å². The molecule has 1 fully saturated rings. The van der Waals surface area contributed by atoms with E-state index in [1.54, 1.807) is 10.8 Å². The Kier molecular flexibility index (Phi) is 2.36. The van der Waals surface area contributed by atoms with Crippen molar-refractivity contribution in [2.45, 2.75) is 18.3 Å². The van der Waals surface area contributed by atoms with Crippen molar-refractivity contribution in [1.29, 1.82) is 0 Å². The summed E-state index contributed by atoms with van der Waals surface area (Å²) in [7, 11) is 0. The second-order valence-electron chi connectivity index (χ2n) is 5.86. The van der Waals surface area contributed by atoms with Crippen LogP contribution in [0.3, 0.4) is 0 Å². The minimum Gasteiger partial charge on any atom is -0.236 e. The van der Waals surface area contributed by atoms with E-state index in [1.165, 1.54) is 5.56 Å². The molecule has 106 valence electrons. The molecule has 1 aliphatic carbocycles. The van der Waals surface area contributed by atoms with Gasteiger partial charge in [-0.05, 0) is 30.0 Å². The van der Waals surface area contributed by atoms with Crippen molar-refractivity contribution in [3.8, 4) is 0 Å². The highest BCUT2D eigenvalue weighted by atomic mass is 15.3. The lowest BCUT2D eigenvalue weighted by atomic mass is 10.1. The maximum absolute atomic E-state index is 4.79. The number of rotatable bonds is 2. The van der Waals surface area contributed by atoms with Crippen LogP contribution in [0.5, 0.6) is 0 Å². The summed E-state index contributed by atoms with van der Waals surface area (Å²) in [6, 6.07) is 18.7. The van der Waals surface area contributed by atoms with Gasteiger partial charge in [-0.15, -0.1) is 5.10 Å². The first kappa shape index (κ1) is 11.9. The molecule has 0 spiro atoms. The smallest absolute Gasteiger partial charge is 0.166 e. The lowest BCUT2D eigenvalue weighted by Crippen LogP contribution is -1.91. The van der Waals surface area contributed by atoms with Crippen LogP contribution < -0.4 is 0 Å². The van der Waals surface area contributed by atoms with Gasteiger partial charge in [0.2, 0.25) is 0 Å². The molecule has 0 saturated heterocycles. The van der Waals surface area contributed by atoms with Crippen molar-refractivity contribution in [2.75, 3.05) is 0 Å². The van der Waals surface area contributed by atoms with Gasteiger partial charge < -0.3 is 0 Å². The van der Waals surface area contributed by atoms with E-state index in [4.69, 9.17) is 4.98 Å². The molecular weight excluding hydrogens is 272 g/mol. The average Bonchev–Trinajstić information content (AvgIpc) is 3.27. The SMILES string of the molecule is c1ccc(C2CC2c2nc3c4ccccc4ncn3n2)cc1. The number of fused-ring (bicyclic) bond motifs is 3. The quantitative estimate of drug-likeness (QED) is 0.566. The summed E-state index contributed by atoms with van der Waals surface area (Å²) in [6.45, 7) is 0. The van der Waals surface area contributed by atoms with Crippen LogP contribution in [-0.2, 0) is 0 Å². The Morgan fingerprint density at radius 2 is 1.73 bits per heavy atom. The van der Waals surface area contributed by atoms with Gasteiger partial charge in [0.15, 0.2) is 11.5 Å². The highest BCUT2D eigenvalue weighted by Gasteiger charge is 2.42. The summed E-state index contributed by atoms with van der Waals surface area (Å²) in [5.74, 6) is 1.92. The first-order chi connectivity index (χ1) is 10.9. The highest BCUT2D eigenvalue weighted by molar-refractivity contribution is 5.90. The molecule has 2 heterocycles. The summed E-state index contributed by atoms with van der Waals surface area (Å²) in [5.41, 5.74) is 3.25. The summed E-state index contributed by atoms with van der Waals surface area (Å²) in [4.78, 5) is 9.23. The lowest BCUT2D eigenvalue weighted by molar-refractivity contribution is 0.850. The molecule has 0 amide bonds. The molecule has 2 aromatic heterocycles. The van der Waals surface area contributed by atoms with Crippen molar-refractivity contribution >= 4 is 16.6 Å². The third-order valence-corrected chi connectivity index (χ3v) is 4.45. The Bertz CT molecular complexity index is 974. The molecule has 4 aromatic rings. The second kappa shape index (κ2) is 4.37. The zero-order chi connectivity index (χ0) is 14.5. The average molecular weight is 286 g/mol. The summed E-state index contributed by atoms with van der Waals surface area (Å²) >= 11 is 0. The molecule has 4 heteroatoms. The lowest BCUT2D eigenvalue weighted by Gasteiger charge is -1.96. The fourth-order valence-corrected chi connectivity index (χ4v) is 3.20. The maximum atomic E-state index is 4.79. The summed E-state index contributed by atoms with van der Waals surface area (Å²) in [5, 5.41) is 5.70. The highest BCUT2D eigenvalue weighted by Crippen LogP contribution is 2.53. The topological polar surface area (TPSA) is 43.1 Å². The van der Waals surface area contributed by atoms with Crippen molar-refractivity contribution in [3.05, 3.63) is 72.3 Å². The van der Waals surface area contributed by atoms with E-state index in [0.29, 0.717) is 11.8 Å². The molecule has 0 bridgehead atoms. The molecular formula is C18H14N4. The van der Waals surface area contributed by atoms with E-state index < -0.39 is 0 Å². The number of para-hydroxylation sites is 1. The van der Waals surface area contributed by atoms with Crippen LogP contribution in [0.4, 0.5) is 0 Å². The maximum Gasteiger partial charge on any atom is 0.166 e. The van der Waals surface area contributed by atoms with Crippen LogP contribution in [0.25, 0.3) is 16.6 Å². The normalized spacial score (nSPS) is 20.5. The molecule has 0 radical (unpaired) electrons. The predicted molar refractivity (Wildman–Crippen MR) is 84.8 cm³/mol. The molecule has 0 N–H and O–H groups in total. The summed E-state index contributed by atoms with van der Waals surface area (Å²) in [6.07, 6.45) is 2.89. The van der Waals surface area contributed by atoms with Gasteiger partial charge in [-0.25, -0.2) is 14.5 Å². The number of benzene rings is 2. The Labute approximate surface area is 127 Å². The molecule has 2 aromatic carbocycles. The molecule has 2 unspecified atom stereocenters. The predicted octanol–water partition coefficient (Wildman–Crippen LogP) is 3.55. The fourth-order valence-electron chi connectivity index (χ4n) is 3.20. The first-order valence-corrected chi connectivity index (χ1v) is 7.55. The Hall–Kier alpha value is -2.75. The molecule has 5 rings (SSSR count). The van der Waals surface area contributed by atoms with Gasteiger partial charge in [0.05, 0.1) is 5.52 Å². The Morgan fingerprint density at radius 1 is 0.909 bits per heavy atom. The zero-order valence-electron chi connectivity index (χ0n) is 11.9.